The van der Waals surface area contributed by atoms with Gasteiger partial charge in [-0.1, -0.05) is 35.9 Å². The number of rotatable bonds is 0. The summed E-state index contributed by atoms with van der Waals surface area (Å²) >= 11 is 0. The van der Waals surface area contributed by atoms with Crippen LogP contribution < -0.4 is 0 Å². The molecule has 0 aliphatic heterocycles. The van der Waals surface area contributed by atoms with Crippen molar-refractivity contribution in [3.05, 3.63) is 35.9 Å². The Morgan fingerprint density at radius 2 is 1.00 bits per heavy atom. The lowest BCUT2D eigenvalue weighted by molar-refractivity contribution is 1.48. The van der Waals surface area contributed by atoms with Crippen LogP contribution in [0.5, 0.6) is 0 Å². The second kappa shape index (κ2) is 18.4. The van der Waals surface area contributed by atoms with Crippen LogP contribution in [0.2, 0.25) is 0 Å². The van der Waals surface area contributed by atoms with Crippen LogP contribution in [0.15, 0.2) is 30.3 Å². The lowest BCUT2D eigenvalue weighted by atomic mass is 10.2. The zero-order valence-corrected chi connectivity index (χ0v) is 15.0. The standard InChI is InChI=1S/C7H8.5BrH/c1-7-5-3-2-4-6-7;;;;;/h2-6H,1H3;5*1H. The molecular weight excluding hydrogens is 484 g/mol. The Morgan fingerprint density at radius 3 is 1.17 bits per heavy atom. The Balaban J connectivity index is -0.0000000327. The molecule has 0 saturated carbocycles. The molecule has 0 N–H and O–H groups in total. The van der Waals surface area contributed by atoms with Crippen LogP contribution in [0.25, 0.3) is 0 Å². The van der Waals surface area contributed by atoms with Gasteiger partial charge in [0.25, 0.3) is 0 Å². The summed E-state index contributed by atoms with van der Waals surface area (Å²) in [6.07, 6.45) is 0. The van der Waals surface area contributed by atoms with E-state index in [2.05, 4.69) is 19.1 Å². The summed E-state index contributed by atoms with van der Waals surface area (Å²) in [6, 6.07) is 10.3. The first kappa shape index (κ1) is 29.2. The van der Waals surface area contributed by atoms with Crippen LogP contribution in [-0.4, -0.2) is 0 Å². The molecule has 12 heavy (non-hydrogen) atoms. The van der Waals surface area contributed by atoms with E-state index in [1.165, 1.54) is 5.56 Å². The average molecular weight is 497 g/mol. The molecule has 0 aliphatic carbocycles. The number of halogens is 5. The predicted molar refractivity (Wildman–Crippen MR) is 82.8 cm³/mol. The summed E-state index contributed by atoms with van der Waals surface area (Å²) in [5.41, 5.74) is 1.32. The van der Waals surface area contributed by atoms with Crippen LogP contribution >= 0.6 is 84.9 Å². The van der Waals surface area contributed by atoms with Crippen molar-refractivity contribution in [1.29, 1.82) is 0 Å². The molecule has 0 fully saturated rings. The summed E-state index contributed by atoms with van der Waals surface area (Å²) in [5.74, 6) is 0. The van der Waals surface area contributed by atoms with E-state index >= 15 is 0 Å². The van der Waals surface area contributed by atoms with Crippen LogP contribution in [0.4, 0.5) is 0 Å². The third-order valence-corrected chi connectivity index (χ3v) is 0.940. The van der Waals surface area contributed by atoms with E-state index in [-0.39, 0.29) is 84.9 Å². The van der Waals surface area contributed by atoms with E-state index in [0.717, 1.165) is 0 Å². The van der Waals surface area contributed by atoms with Gasteiger partial charge in [0.2, 0.25) is 0 Å². The van der Waals surface area contributed by atoms with Gasteiger partial charge in [-0.3, -0.25) is 0 Å². The van der Waals surface area contributed by atoms with Crippen molar-refractivity contribution in [3.8, 4) is 0 Å². The summed E-state index contributed by atoms with van der Waals surface area (Å²) in [5, 5.41) is 0. The van der Waals surface area contributed by atoms with Crippen molar-refractivity contribution < 1.29 is 0 Å². The van der Waals surface area contributed by atoms with Gasteiger partial charge in [0, 0.05) is 0 Å². The molecule has 5 heteroatoms. The third kappa shape index (κ3) is 14.2. The molecule has 0 unspecified atom stereocenters. The Labute approximate surface area is 126 Å². The highest BCUT2D eigenvalue weighted by molar-refractivity contribution is 8.93. The highest BCUT2D eigenvalue weighted by atomic mass is 79.9. The van der Waals surface area contributed by atoms with Gasteiger partial charge < -0.3 is 0 Å². The normalized spacial score (nSPS) is 5.08. The third-order valence-electron chi connectivity index (χ3n) is 0.940. The van der Waals surface area contributed by atoms with Crippen molar-refractivity contribution >= 4 is 84.9 Å². The van der Waals surface area contributed by atoms with Crippen molar-refractivity contribution in [2.75, 3.05) is 0 Å². The van der Waals surface area contributed by atoms with Crippen molar-refractivity contribution in [2.45, 2.75) is 6.92 Å². The van der Waals surface area contributed by atoms with Crippen LogP contribution in [0.1, 0.15) is 5.56 Å². The number of hydrogen-bond acceptors (Lipinski definition) is 0. The molecule has 0 nitrogen and oxygen atoms in total. The second-order valence-electron chi connectivity index (χ2n) is 1.65. The Morgan fingerprint density at radius 1 is 0.667 bits per heavy atom. The first-order valence-electron chi connectivity index (χ1n) is 2.41. The van der Waals surface area contributed by atoms with E-state index in [0.29, 0.717) is 0 Å². The fraction of sp³-hybridized carbons (Fsp3) is 0.143. The second-order valence-corrected chi connectivity index (χ2v) is 1.65. The minimum absolute atomic E-state index is 0. The summed E-state index contributed by atoms with van der Waals surface area (Å²) in [6.45, 7) is 2.08. The lowest BCUT2D eigenvalue weighted by Gasteiger charge is -1.82. The molecule has 1 aromatic carbocycles. The lowest BCUT2D eigenvalue weighted by Crippen LogP contribution is -1.62. The molecule has 0 aromatic heterocycles. The SMILES string of the molecule is Br.Br.Br.Br.Br.Cc1ccccc1. The van der Waals surface area contributed by atoms with Gasteiger partial charge in [0.1, 0.15) is 0 Å². The van der Waals surface area contributed by atoms with Crippen LogP contribution in [0, 0.1) is 6.92 Å². The van der Waals surface area contributed by atoms with Gasteiger partial charge in [0.05, 0.1) is 0 Å². The van der Waals surface area contributed by atoms with Crippen molar-refractivity contribution in [2.24, 2.45) is 0 Å². The molecule has 0 amide bonds. The van der Waals surface area contributed by atoms with Gasteiger partial charge >= 0.3 is 0 Å². The van der Waals surface area contributed by atoms with Crippen LogP contribution in [0.3, 0.4) is 0 Å². The highest BCUT2D eigenvalue weighted by Gasteiger charge is 1.72. The fourth-order valence-corrected chi connectivity index (χ4v) is 0.534. The minimum atomic E-state index is 0. The molecule has 0 heterocycles. The Bertz CT molecular complexity index is 142. The first-order chi connectivity index (χ1) is 3.39. The van der Waals surface area contributed by atoms with E-state index < -0.39 is 0 Å². The molecular formula is C7H13Br5. The van der Waals surface area contributed by atoms with Gasteiger partial charge in [-0.25, -0.2) is 0 Å². The number of benzene rings is 1. The van der Waals surface area contributed by atoms with Gasteiger partial charge in [-0.2, -0.15) is 0 Å². The molecule has 0 radical (unpaired) electrons. The molecule has 1 rings (SSSR count). The zero-order valence-electron chi connectivity index (χ0n) is 6.43. The summed E-state index contributed by atoms with van der Waals surface area (Å²) < 4.78 is 0. The van der Waals surface area contributed by atoms with E-state index in [9.17, 15) is 0 Å². The Kier molecular flexibility index (Phi) is 44.8. The predicted octanol–water partition coefficient (Wildman–Crippen LogP) is 4.88. The number of hydrogen-bond donors (Lipinski definition) is 0. The maximum atomic E-state index is 2.08. The van der Waals surface area contributed by atoms with Crippen molar-refractivity contribution in [1.82, 2.24) is 0 Å². The maximum absolute atomic E-state index is 2.08. The largest absolute Gasteiger partial charge is 0.114 e. The molecule has 0 atom stereocenters. The van der Waals surface area contributed by atoms with E-state index in [1.807, 2.05) is 18.2 Å². The van der Waals surface area contributed by atoms with E-state index in [1.54, 1.807) is 0 Å². The monoisotopic (exact) mass is 492 g/mol. The quantitative estimate of drug-likeness (QED) is 0.480. The molecule has 0 bridgehead atoms. The molecule has 0 saturated heterocycles. The molecule has 0 spiro atoms. The smallest absolute Gasteiger partial charge is 0.0398 e. The number of aryl methyl sites for hydroxylation is 1. The van der Waals surface area contributed by atoms with Crippen molar-refractivity contribution in [3.63, 3.8) is 0 Å². The van der Waals surface area contributed by atoms with Gasteiger partial charge in [-0.15, -0.1) is 84.9 Å². The fourth-order valence-electron chi connectivity index (χ4n) is 0.534. The average Bonchev–Trinajstić information content (AvgIpc) is 1.69. The van der Waals surface area contributed by atoms with Gasteiger partial charge in [0.15, 0.2) is 0 Å². The molecule has 76 valence electrons. The minimum Gasteiger partial charge on any atom is -0.114 e. The zero-order chi connectivity index (χ0) is 5.11. The molecule has 0 aliphatic rings. The summed E-state index contributed by atoms with van der Waals surface area (Å²) in [7, 11) is 0. The summed E-state index contributed by atoms with van der Waals surface area (Å²) in [4.78, 5) is 0. The first-order valence-corrected chi connectivity index (χ1v) is 2.41. The highest BCUT2D eigenvalue weighted by Crippen LogP contribution is 1.92. The maximum Gasteiger partial charge on any atom is -0.0398 e. The topological polar surface area (TPSA) is 0 Å². The van der Waals surface area contributed by atoms with Crippen LogP contribution in [-0.2, 0) is 0 Å². The Hall–Kier alpha value is 1.62. The van der Waals surface area contributed by atoms with Gasteiger partial charge in [-0.05, 0) is 6.92 Å². The van der Waals surface area contributed by atoms with E-state index in [4.69, 9.17) is 0 Å². The molecule has 1 aromatic rings.